The van der Waals surface area contributed by atoms with Crippen LogP contribution in [0.4, 0.5) is 4.79 Å². The van der Waals surface area contributed by atoms with Gasteiger partial charge in [0.2, 0.25) is 0 Å². The Morgan fingerprint density at radius 1 is 1.47 bits per heavy atom. The molecule has 19 heavy (non-hydrogen) atoms. The number of ether oxygens (including phenoxy) is 1. The van der Waals surface area contributed by atoms with Crippen molar-refractivity contribution in [3.05, 3.63) is 24.2 Å². The summed E-state index contributed by atoms with van der Waals surface area (Å²) in [6.07, 6.45) is 0.782. The molecule has 1 aromatic heterocycles. The zero-order valence-corrected chi connectivity index (χ0v) is 11.3. The molecule has 0 saturated carbocycles. The zero-order chi connectivity index (χ0) is 14.5. The van der Waals surface area contributed by atoms with Gasteiger partial charge < -0.3 is 24.4 Å². The largest absolute Gasteiger partial charge is 0.550 e. The highest BCUT2D eigenvalue weighted by Crippen LogP contribution is 2.10. The first kappa shape index (κ1) is 15.1. The summed E-state index contributed by atoms with van der Waals surface area (Å²) in [5.41, 5.74) is -0.638. The van der Waals surface area contributed by atoms with E-state index in [1.807, 2.05) is 0 Å². The Morgan fingerprint density at radius 3 is 2.63 bits per heavy atom. The molecule has 0 fully saturated rings. The number of alkyl carbamates (subject to hydrolysis) is 1. The molecule has 0 aliphatic heterocycles. The van der Waals surface area contributed by atoms with Crippen LogP contribution in [-0.2, 0) is 16.0 Å². The SMILES string of the molecule is CC(C)(C)OC(=O)N[C@H](CC(=O)[O-])Cc1ccco1. The van der Waals surface area contributed by atoms with Crippen LogP contribution in [0.15, 0.2) is 22.8 Å². The Labute approximate surface area is 111 Å². The van der Waals surface area contributed by atoms with Crippen molar-refractivity contribution in [3.8, 4) is 0 Å². The second kappa shape index (κ2) is 6.26. The topological polar surface area (TPSA) is 91.6 Å². The van der Waals surface area contributed by atoms with E-state index in [-0.39, 0.29) is 12.8 Å². The molecule has 1 N–H and O–H groups in total. The number of carbonyl (C=O) groups is 2. The van der Waals surface area contributed by atoms with Crippen LogP contribution in [0.5, 0.6) is 0 Å². The van der Waals surface area contributed by atoms with Crippen molar-refractivity contribution in [2.45, 2.75) is 45.3 Å². The van der Waals surface area contributed by atoms with Crippen LogP contribution in [0.3, 0.4) is 0 Å². The molecule has 6 heteroatoms. The number of nitrogens with one attached hydrogen (secondary N) is 1. The summed E-state index contributed by atoms with van der Waals surface area (Å²) >= 11 is 0. The van der Waals surface area contributed by atoms with E-state index in [9.17, 15) is 14.7 Å². The highest BCUT2D eigenvalue weighted by atomic mass is 16.6. The third-order valence-electron chi connectivity index (χ3n) is 2.16. The Balaban J connectivity index is 2.59. The number of amides is 1. The van der Waals surface area contributed by atoms with Gasteiger partial charge in [0.05, 0.1) is 6.26 Å². The number of hydrogen-bond acceptors (Lipinski definition) is 5. The zero-order valence-electron chi connectivity index (χ0n) is 11.3. The standard InChI is InChI=1S/C13H19NO5/c1-13(2,3)19-12(17)14-9(8-11(15)16)7-10-5-4-6-18-10/h4-6,9H,7-8H2,1-3H3,(H,14,17)(H,15,16)/p-1/t9-/m0/s1. The quantitative estimate of drug-likeness (QED) is 0.855. The minimum atomic E-state index is -1.24. The maximum atomic E-state index is 11.6. The summed E-state index contributed by atoms with van der Waals surface area (Å²) in [5, 5.41) is 13.2. The maximum Gasteiger partial charge on any atom is 0.407 e. The number of rotatable bonds is 5. The van der Waals surface area contributed by atoms with Crippen molar-refractivity contribution in [2.24, 2.45) is 0 Å². The first-order valence-electron chi connectivity index (χ1n) is 5.98. The average Bonchev–Trinajstić information content (AvgIpc) is 2.65. The number of carboxylic acids is 1. The van der Waals surface area contributed by atoms with Crippen LogP contribution >= 0.6 is 0 Å². The van der Waals surface area contributed by atoms with Gasteiger partial charge in [0.25, 0.3) is 0 Å². The summed E-state index contributed by atoms with van der Waals surface area (Å²) in [7, 11) is 0. The normalized spacial score (nSPS) is 12.8. The van der Waals surface area contributed by atoms with Gasteiger partial charge in [0.1, 0.15) is 11.4 Å². The number of carbonyl (C=O) groups excluding carboxylic acids is 2. The predicted octanol–water partition coefficient (Wildman–Crippen LogP) is 0.855. The molecular weight excluding hydrogens is 250 g/mol. The van der Waals surface area contributed by atoms with Crippen molar-refractivity contribution < 1.29 is 23.8 Å². The molecule has 0 bridgehead atoms. The highest BCUT2D eigenvalue weighted by Gasteiger charge is 2.20. The second-order valence-corrected chi connectivity index (χ2v) is 5.20. The minimum Gasteiger partial charge on any atom is -0.550 e. The Morgan fingerprint density at radius 2 is 2.16 bits per heavy atom. The molecule has 106 valence electrons. The molecule has 0 saturated heterocycles. The van der Waals surface area contributed by atoms with Gasteiger partial charge in [-0.05, 0) is 32.9 Å². The summed E-state index contributed by atoms with van der Waals surface area (Å²) in [6, 6.07) is 2.77. The monoisotopic (exact) mass is 268 g/mol. The lowest BCUT2D eigenvalue weighted by Crippen LogP contribution is -2.43. The molecule has 0 unspecified atom stereocenters. The molecule has 1 amide bonds. The fourth-order valence-corrected chi connectivity index (χ4v) is 1.52. The lowest BCUT2D eigenvalue weighted by atomic mass is 10.1. The molecule has 6 nitrogen and oxygen atoms in total. The van der Waals surface area contributed by atoms with Gasteiger partial charge in [-0.1, -0.05) is 0 Å². The summed E-state index contributed by atoms with van der Waals surface area (Å²) < 4.78 is 10.2. The van der Waals surface area contributed by atoms with Crippen LogP contribution in [0.1, 0.15) is 33.0 Å². The lowest BCUT2D eigenvalue weighted by Gasteiger charge is -2.23. The molecule has 0 aromatic carbocycles. The second-order valence-electron chi connectivity index (χ2n) is 5.20. The third kappa shape index (κ3) is 6.49. The van der Waals surface area contributed by atoms with Crippen molar-refractivity contribution in [2.75, 3.05) is 0 Å². The molecule has 1 atom stereocenters. The number of carboxylic acid groups (broad SMARTS) is 1. The molecule has 1 heterocycles. The van der Waals surface area contributed by atoms with Gasteiger partial charge in [0.15, 0.2) is 0 Å². The van der Waals surface area contributed by atoms with E-state index < -0.39 is 23.7 Å². The molecular formula is C13H18NO5-. The Hall–Kier alpha value is -1.98. The molecule has 0 spiro atoms. The fourth-order valence-electron chi connectivity index (χ4n) is 1.52. The van der Waals surface area contributed by atoms with E-state index in [4.69, 9.17) is 9.15 Å². The Bertz CT molecular complexity index is 419. The van der Waals surface area contributed by atoms with Crippen molar-refractivity contribution in [3.63, 3.8) is 0 Å². The number of hydrogen-bond donors (Lipinski definition) is 1. The van der Waals surface area contributed by atoms with Crippen molar-refractivity contribution in [1.82, 2.24) is 5.32 Å². The fraction of sp³-hybridized carbons (Fsp3) is 0.538. The predicted molar refractivity (Wildman–Crippen MR) is 65.2 cm³/mol. The maximum absolute atomic E-state index is 11.6. The molecule has 0 radical (unpaired) electrons. The van der Waals surface area contributed by atoms with E-state index in [1.165, 1.54) is 6.26 Å². The number of aliphatic carboxylic acids is 1. The van der Waals surface area contributed by atoms with Crippen LogP contribution in [0.2, 0.25) is 0 Å². The van der Waals surface area contributed by atoms with Crippen LogP contribution in [0, 0.1) is 0 Å². The lowest BCUT2D eigenvalue weighted by molar-refractivity contribution is -0.306. The van der Waals surface area contributed by atoms with E-state index in [1.54, 1.807) is 32.9 Å². The average molecular weight is 268 g/mol. The summed E-state index contributed by atoms with van der Waals surface area (Å²) in [5.74, 6) is -0.657. The van der Waals surface area contributed by atoms with Gasteiger partial charge in [-0.25, -0.2) is 4.79 Å². The summed E-state index contributed by atoms with van der Waals surface area (Å²) in [4.78, 5) is 22.3. The van der Waals surface area contributed by atoms with E-state index in [0.29, 0.717) is 5.76 Å². The van der Waals surface area contributed by atoms with Gasteiger partial charge in [-0.3, -0.25) is 0 Å². The third-order valence-corrected chi connectivity index (χ3v) is 2.16. The van der Waals surface area contributed by atoms with Crippen LogP contribution < -0.4 is 10.4 Å². The minimum absolute atomic E-state index is 0.264. The molecule has 1 aromatic rings. The smallest absolute Gasteiger partial charge is 0.407 e. The summed E-state index contributed by atoms with van der Waals surface area (Å²) in [6.45, 7) is 5.19. The van der Waals surface area contributed by atoms with E-state index >= 15 is 0 Å². The first-order chi connectivity index (χ1) is 8.76. The molecule has 0 aliphatic rings. The van der Waals surface area contributed by atoms with Crippen LogP contribution in [0.25, 0.3) is 0 Å². The van der Waals surface area contributed by atoms with Crippen LogP contribution in [-0.4, -0.2) is 23.7 Å². The molecule has 1 rings (SSSR count). The highest BCUT2D eigenvalue weighted by molar-refractivity contribution is 5.70. The van der Waals surface area contributed by atoms with Gasteiger partial charge in [-0.15, -0.1) is 0 Å². The van der Waals surface area contributed by atoms with Crippen molar-refractivity contribution in [1.29, 1.82) is 0 Å². The van der Waals surface area contributed by atoms with Gasteiger partial charge >= 0.3 is 6.09 Å². The van der Waals surface area contributed by atoms with Gasteiger partial charge in [0, 0.05) is 24.9 Å². The molecule has 0 aliphatic carbocycles. The number of furan rings is 1. The first-order valence-corrected chi connectivity index (χ1v) is 5.98. The van der Waals surface area contributed by atoms with E-state index in [2.05, 4.69) is 5.32 Å². The van der Waals surface area contributed by atoms with Gasteiger partial charge in [-0.2, -0.15) is 0 Å². The van der Waals surface area contributed by atoms with Crippen molar-refractivity contribution >= 4 is 12.1 Å². The van der Waals surface area contributed by atoms with E-state index in [0.717, 1.165) is 0 Å². The Kier molecular flexibility index (Phi) is 4.97.